The molecule has 1 aliphatic rings. The van der Waals surface area contributed by atoms with Gasteiger partial charge >= 0.3 is 0 Å². The van der Waals surface area contributed by atoms with Crippen LogP contribution in [0.4, 0.5) is 5.69 Å². The Hall–Kier alpha value is -2.92. The third kappa shape index (κ3) is 4.46. The number of nitrogens with one attached hydrogen (secondary N) is 1. The number of amides is 2. The molecule has 3 rings (SSSR count). The monoisotopic (exact) mass is 406 g/mol. The average molecular weight is 407 g/mol. The summed E-state index contributed by atoms with van der Waals surface area (Å²) in [5.74, 6) is -0.608. The lowest BCUT2D eigenvalue weighted by Gasteiger charge is -2.17. The molecule has 0 aromatic heterocycles. The highest BCUT2D eigenvalue weighted by molar-refractivity contribution is 6.36. The predicted octanol–water partition coefficient (Wildman–Crippen LogP) is 4.54. The summed E-state index contributed by atoms with van der Waals surface area (Å²) in [6.45, 7) is 12.4. The number of rotatable bonds is 7. The largest absolute Gasteiger partial charge is 0.377 e. The van der Waals surface area contributed by atoms with Crippen molar-refractivity contribution in [3.8, 4) is 0 Å². The van der Waals surface area contributed by atoms with Crippen molar-refractivity contribution in [1.82, 2.24) is 4.90 Å². The minimum atomic E-state index is -0.319. The van der Waals surface area contributed by atoms with E-state index in [2.05, 4.69) is 5.32 Å². The average Bonchev–Trinajstić information content (AvgIpc) is 2.90. The maximum absolute atomic E-state index is 13.3. The Kier molecular flexibility index (Phi) is 6.42. The maximum Gasteiger partial charge on any atom is 0.278 e. The van der Waals surface area contributed by atoms with Gasteiger partial charge in [-0.2, -0.15) is 0 Å². The summed E-state index contributed by atoms with van der Waals surface area (Å²) in [7, 11) is 0. The number of carbonyl (C=O) groups excluding carboxylic acids is 2. The molecule has 1 aliphatic heterocycles. The molecule has 1 heterocycles. The summed E-state index contributed by atoms with van der Waals surface area (Å²) >= 11 is 0. The van der Waals surface area contributed by atoms with Gasteiger partial charge in [0.05, 0.1) is 24.8 Å². The van der Waals surface area contributed by atoms with Crippen molar-refractivity contribution in [2.75, 3.05) is 18.5 Å². The molecule has 0 fully saturated rings. The highest BCUT2D eigenvalue weighted by Gasteiger charge is 2.39. The number of ether oxygens (including phenoxy) is 1. The van der Waals surface area contributed by atoms with Crippen molar-refractivity contribution in [3.05, 3.63) is 69.9 Å². The molecule has 2 aromatic rings. The summed E-state index contributed by atoms with van der Waals surface area (Å²) in [5, 5.41) is 3.26. The molecule has 0 atom stereocenters. The van der Waals surface area contributed by atoms with Crippen LogP contribution in [-0.2, 0) is 14.3 Å². The maximum atomic E-state index is 13.3. The third-order valence-corrected chi connectivity index (χ3v) is 5.37. The van der Waals surface area contributed by atoms with Gasteiger partial charge in [0.1, 0.15) is 5.70 Å². The van der Waals surface area contributed by atoms with Gasteiger partial charge in [-0.15, -0.1) is 0 Å². The summed E-state index contributed by atoms with van der Waals surface area (Å²) in [5.41, 5.74) is 6.67. The zero-order valence-corrected chi connectivity index (χ0v) is 18.6. The Morgan fingerprint density at radius 3 is 2.27 bits per heavy atom. The minimum absolute atomic E-state index is 0.0396. The topological polar surface area (TPSA) is 58.6 Å². The van der Waals surface area contributed by atoms with Crippen LogP contribution in [0, 0.1) is 27.7 Å². The fourth-order valence-electron chi connectivity index (χ4n) is 3.53. The number of carbonyl (C=O) groups is 2. The van der Waals surface area contributed by atoms with Gasteiger partial charge in [-0.05, 0) is 69.9 Å². The SMILES string of the molecule is Cc1ccc(NC2=C(c3ccc(C)c(C)c3)C(=O)N(CCOC(C)C)C2=O)c(C)c1. The van der Waals surface area contributed by atoms with Crippen LogP contribution in [-0.4, -0.2) is 36.0 Å². The number of hydrogen-bond donors (Lipinski definition) is 1. The molecule has 0 unspecified atom stereocenters. The van der Waals surface area contributed by atoms with E-state index in [1.807, 2.05) is 77.9 Å². The molecule has 2 amide bonds. The van der Waals surface area contributed by atoms with Crippen molar-refractivity contribution >= 4 is 23.1 Å². The Labute approximate surface area is 178 Å². The van der Waals surface area contributed by atoms with E-state index in [0.717, 1.165) is 33.5 Å². The number of anilines is 1. The first kappa shape index (κ1) is 21.8. The highest BCUT2D eigenvalue weighted by atomic mass is 16.5. The Bertz CT molecular complexity index is 1020. The van der Waals surface area contributed by atoms with E-state index in [-0.39, 0.29) is 24.5 Å². The molecule has 1 N–H and O–H groups in total. The quantitative estimate of drug-likeness (QED) is 0.686. The molecular weight excluding hydrogens is 376 g/mol. The van der Waals surface area contributed by atoms with E-state index < -0.39 is 0 Å². The lowest BCUT2D eigenvalue weighted by atomic mass is 9.99. The molecule has 0 radical (unpaired) electrons. The molecular formula is C25H30N2O3. The Morgan fingerprint density at radius 1 is 0.900 bits per heavy atom. The molecule has 0 bridgehead atoms. The van der Waals surface area contributed by atoms with Crippen molar-refractivity contribution in [1.29, 1.82) is 0 Å². The molecule has 2 aromatic carbocycles. The molecule has 0 saturated heterocycles. The van der Waals surface area contributed by atoms with Gasteiger partial charge in [-0.25, -0.2) is 0 Å². The van der Waals surface area contributed by atoms with Gasteiger partial charge in [0, 0.05) is 5.69 Å². The molecule has 0 spiro atoms. The molecule has 0 saturated carbocycles. The van der Waals surface area contributed by atoms with Crippen LogP contribution in [0.15, 0.2) is 42.1 Å². The van der Waals surface area contributed by atoms with Gasteiger partial charge < -0.3 is 10.1 Å². The number of imide groups is 1. The van der Waals surface area contributed by atoms with Crippen LogP contribution in [0.25, 0.3) is 5.57 Å². The zero-order chi connectivity index (χ0) is 22.0. The minimum Gasteiger partial charge on any atom is -0.377 e. The van der Waals surface area contributed by atoms with Crippen molar-refractivity contribution < 1.29 is 14.3 Å². The van der Waals surface area contributed by atoms with Gasteiger partial charge in [0.15, 0.2) is 0 Å². The normalized spacial score (nSPS) is 14.3. The number of benzene rings is 2. The summed E-state index contributed by atoms with van der Waals surface area (Å²) in [6.07, 6.45) is 0.0396. The fourth-order valence-corrected chi connectivity index (χ4v) is 3.53. The first-order chi connectivity index (χ1) is 14.2. The van der Waals surface area contributed by atoms with Crippen LogP contribution < -0.4 is 5.32 Å². The molecule has 5 heteroatoms. The number of nitrogens with zero attached hydrogens (tertiary/aromatic N) is 1. The van der Waals surface area contributed by atoms with Crippen LogP contribution in [0.1, 0.15) is 41.7 Å². The second kappa shape index (κ2) is 8.84. The van der Waals surface area contributed by atoms with Gasteiger partial charge in [0.25, 0.3) is 11.8 Å². The summed E-state index contributed by atoms with van der Waals surface area (Å²) < 4.78 is 5.58. The van der Waals surface area contributed by atoms with Crippen molar-refractivity contribution in [3.63, 3.8) is 0 Å². The second-order valence-electron chi connectivity index (χ2n) is 8.17. The number of aryl methyl sites for hydroxylation is 4. The summed E-state index contributed by atoms with van der Waals surface area (Å²) in [6, 6.07) is 11.8. The smallest absolute Gasteiger partial charge is 0.278 e. The van der Waals surface area contributed by atoms with Gasteiger partial charge in [0.2, 0.25) is 0 Å². The standard InChI is InChI=1S/C25H30N2O3/c1-15(2)30-12-11-27-24(28)22(20-9-8-17(4)18(5)14-20)23(25(27)29)26-21-10-7-16(3)13-19(21)6/h7-10,13-15,26H,11-12H2,1-6H3. The fraction of sp³-hybridized carbons (Fsp3) is 0.360. The lowest BCUT2D eigenvalue weighted by Crippen LogP contribution is -2.35. The Balaban J connectivity index is 2.02. The van der Waals surface area contributed by atoms with Crippen LogP contribution >= 0.6 is 0 Å². The molecule has 0 aliphatic carbocycles. The Morgan fingerprint density at radius 2 is 1.63 bits per heavy atom. The van der Waals surface area contributed by atoms with E-state index in [1.54, 1.807) is 0 Å². The van der Waals surface area contributed by atoms with Crippen LogP contribution in [0.5, 0.6) is 0 Å². The van der Waals surface area contributed by atoms with Crippen LogP contribution in [0.2, 0.25) is 0 Å². The van der Waals surface area contributed by atoms with E-state index in [0.29, 0.717) is 17.9 Å². The van der Waals surface area contributed by atoms with Crippen molar-refractivity contribution in [2.24, 2.45) is 0 Å². The predicted molar refractivity (Wildman–Crippen MR) is 120 cm³/mol. The first-order valence-corrected chi connectivity index (χ1v) is 10.3. The van der Waals surface area contributed by atoms with E-state index >= 15 is 0 Å². The molecule has 5 nitrogen and oxygen atoms in total. The lowest BCUT2D eigenvalue weighted by molar-refractivity contribution is -0.137. The molecule has 158 valence electrons. The van der Waals surface area contributed by atoms with Gasteiger partial charge in [-0.1, -0.05) is 35.9 Å². The highest BCUT2D eigenvalue weighted by Crippen LogP contribution is 2.32. The molecule has 30 heavy (non-hydrogen) atoms. The van der Waals surface area contributed by atoms with Crippen molar-refractivity contribution in [2.45, 2.75) is 47.6 Å². The summed E-state index contributed by atoms with van der Waals surface area (Å²) in [4.78, 5) is 27.8. The third-order valence-electron chi connectivity index (χ3n) is 5.37. The van der Waals surface area contributed by atoms with E-state index in [1.165, 1.54) is 4.90 Å². The van der Waals surface area contributed by atoms with Gasteiger partial charge in [-0.3, -0.25) is 14.5 Å². The van der Waals surface area contributed by atoms with Crippen LogP contribution in [0.3, 0.4) is 0 Å². The second-order valence-corrected chi connectivity index (χ2v) is 8.17. The first-order valence-electron chi connectivity index (χ1n) is 10.3. The van der Waals surface area contributed by atoms with E-state index in [9.17, 15) is 9.59 Å². The zero-order valence-electron chi connectivity index (χ0n) is 18.6. The number of hydrogen-bond acceptors (Lipinski definition) is 4. The van der Waals surface area contributed by atoms with E-state index in [4.69, 9.17) is 4.74 Å².